The molecule has 22 heavy (non-hydrogen) atoms. The molecule has 4 rings (SSSR count). The van der Waals surface area contributed by atoms with Crippen molar-refractivity contribution in [1.29, 1.82) is 0 Å². The van der Waals surface area contributed by atoms with Gasteiger partial charge >= 0.3 is 0 Å². The molecule has 8 heteroatoms. The number of pyridine rings is 1. The second-order valence-corrected chi connectivity index (χ2v) is 5.67. The summed E-state index contributed by atoms with van der Waals surface area (Å²) in [5.74, 6) is 0.423. The maximum atomic E-state index is 12.1. The van der Waals surface area contributed by atoms with E-state index in [9.17, 15) is 4.79 Å². The first-order valence-electron chi connectivity index (χ1n) is 6.56. The molecule has 0 saturated carbocycles. The van der Waals surface area contributed by atoms with Gasteiger partial charge in [-0.25, -0.2) is 9.97 Å². The average molecular weight is 310 g/mol. The summed E-state index contributed by atoms with van der Waals surface area (Å²) in [7, 11) is 0. The molecule has 0 fully saturated rings. The minimum absolute atomic E-state index is 0.152. The quantitative estimate of drug-likeness (QED) is 0.750. The molecule has 7 nitrogen and oxygen atoms in total. The van der Waals surface area contributed by atoms with Crippen LogP contribution in [-0.4, -0.2) is 25.8 Å². The number of hydrogen-bond donors (Lipinski definition) is 2. The Bertz CT molecular complexity index is 834. The summed E-state index contributed by atoms with van der Waals surface area (Å²) in [4.78, 5) is 29.8. The first-order valence-corrected chi connectivity index (χ1v) is 7.37. The summed E-state index contributed by atoms with van der Waals surface area (Å²) < 4.78 is 0. The molecule has 0 saturated heterocycles. The maximum Gasteiger partial charge on any atom is 0.256 e. The van der Waals surface area contributed by atoms with E-state index in [-0.39, 0.29) is 12.1 Å². The number of hydrogen-bond acceptors (Lipinski definition) is 7. The highest BCUT2D eigenvalue weighted by Crippen LogP contribution is 2.30. The largest absolute Gasteiger partial charge is 0.345 e. The van der Waals surface area contributed by atoms with E-state index >= 15 is 0 Å². The molecule has 1 amide bonds. The fourth-order valence-electron chi connectivity index (χ4n) is 2.18. The summed E-state index contributed by atoms with van der Waals surface area (Å²) in [6, 6.07) is 3.47. The lowest BCUT2D eigenvalue weighted by Crippen LogP contribution is -2.38. The topological polar surface area (TPSA) is 92.7 Å². The molecule has 0 aromatic carbocycles. The first kappa shape index (κ1) is 12.8. The van der Waals surface area contributed by atoms with Crippen molar-refractivity contribution in [2.75, 3.05) is 5.32 Å². The molecular weight excluding hydrogens is 300 g/mol. The van der Waals surface area contributed by atoms with Gasteiger partial charge in [0.1, 0.15) is 22.7 Å². The second kappa shape index (κ2) is 5.15. The third kappa shape index (κ3) is 2.19. The van der Waals surface area contributed by atoms with Gasteiger partial charge in [-0.1, -0.05) is 0 Å². The van der Waals surface area contributed by atoms with E-state index in [1.54, 1.807) is 43.1 Å². The average Bonchev–Trinajstić information content (AvgIpc) is 3.06. The highest BCUT2D eigenvalue weighted by atomic mass is 32.1. The van der Waals surface area contributed by atoms with Crippen LogP contribution in [0.2, 0.25) is 0 Å². The number of amides is 1. The van der Waals surface area contributed by atoms with Crippen LogP contribution >= 0.6 is 11.3 Å². The number of anilines is 1. The van der Waals surface area contributed by atoms with Gasteiger partial charge in [-0.3, -0.25) is 14.8 Å². The normalized spacial score (nSPS) is 16.5. The standard InChI is InChI=1S/C14H10N6OS/c21-13-8-2-1-3-17-11(8)19-12(20-13)10-7-18-14(22-10)9-6-15-4-5-16-9/h1-7,12H,(H,17,19)(H,20,21)/t12-/m1/s1. The number of thiazole rings is 1. The number of nitrogens with zero attached hydrogens (tertiary/aromatic N) is 4. The number of carbonyl (C=O) groups is 1. The van der Waals surface area contributed by atoms with Crippen LogP contribution in [0.5, 0.6) is 0 Å². The monoisotopic (exact) mass is 310 g/mol. The molecular formula is C14H10N6OS. The molecule has 4 heterocycles. The smallest absolute Gasteiger partial charge is 0.256 e. The predicted octanol–water partition coefficient (Wildman–Crippen LogP) is 1.85. The Kier molecular flexibility index (Phi) is 3.01. The van der Waals surface area contributed by atoms with Crippen molar-refractivity contribution in [3.63, 3.8) is 0 Å². The van der Waals surface area contributed by atoms with Crippen molar-refractivity contribution in [1.82, 2.24) is 25.3 Å². The van der Waals surface area contributed by atoms with Crippen molar-refractivity contribution < 1.29 is 4.79 Å². The van der Waals surface area contributed by atoms with Crippen LogP contribution in [0.25, 0.3) is 10.7 Å². The second-order valence-electron chi connectivity index (χ2n) is 4.61. The van der Waals surface area contributed by atoms with Crippen LogP contribution in [0.1, 0.15) is 21.4 Å². The zero-order valence-corrected chi connectivity index (χ0v) is 12.0. The maximum absolute atomic E-state index is 12.1. The Morgan fingerprint density at radius 2 is 2.00 bits per heavy atom. The fourth-order valence-corrected chi connectivity index (χ4v) is 3.06. The first-order chi connectivity index (χ1) is 10.8. The summed E-state index contributed by atoms with van der Waals surface area (Å²) in [5.41, 5.74) is 1.25. The predicted molar refractivity (Wildman–Crippen MR) is 81.2 cm³/mol. The van der Waals surface area contributed by atoms with Crippen LogP contribution in [-0.2, 0) is 0 Å². The van der Waals surface area contributed by atoms with Gasteiger partial charge in [0.2, 0.25) is 0 Å². The molecule has 1 aliphatic heterocycles. The fraction of sp³-hybridized carbons (Fsp3) is 0.0714. The molecule has 3 aromatic rings. The van der Waals surface area contributed by atoms with Crippen molar-refractivity contribution >= 4 is 23.1 Å². The van der Waals surface area contributed by atoms with Crippen LogP contribution in [0.3, 0.4) is 0 Å². The third-order valence-corrected chi connectivity index (χ3v) is 4.28. The van der Waals surface area contributed by atoms with E-state index < -0.39 is 0 Å². The highest BCUT2D eigenvalue weighted by molar-refractivity contribution is 7.15. The van der Waals surface area contributed by atoms with Crippen LogP contribution in [0.15, 0.2) is 43.1 Å². The summed E-state index contributed by atoms with van der Waals surface area (Å²) in [6.07, 6.45) is 7.92. The zero-order valence-electron chi connectivity index (χ0n) is 11.2. The molecule has 0 spiro atoms. The lowest BCUT2D eigenvalue weighted by molar-refractivity contribution is 0.0935. The number of carbonyl (C=O) groups excluding carboxylic acids is 1. The summed E-state index contributed by atoms with van der Waals surface area (Å²) in [5, 5.41) is 6.85. The summed E-state index contributed by atoms with van der Waals surface area (Å²) >= 11 is 1.45. The number of rotatable bonds is 2. The van der Waals surface area contributed by atoms with E-state index in [1.807, 2.05) is 0 Å². The van der Waals surface area contributed by atoms with E-state index in [4.69, 9.17) is 0 Å². The van der Waals surface area contributed by atoms with Crippen LogP contribution in [0.4, 0.5) is 5.82 Å². The van der Waals surface area contributed by atoms with E-state index in [0.29, 0.717) is 17.1 Å². The van der Waals surface area contributed by atoms with Crippen LogP contribution in [0, 0.1) is 0 Å². The molecule has 0 aliphatic carbocycles. The van der Waals surface area contributed by atoms with Gasteiger partial charge in [0, 0.05) is 24.8 Å². The van der Waals surface area contributed by atoms with Crippen molar-refractivity contribution in [3.05, 3.63) is 53.6 Å². The molecule has 2 N–H and O–H groups in total. The number of fused-ring (bicyclic) bond motifs is 1. The Morgan fingerprint density at radius 3 is 2.86 bits per heavy atom. The molecule has 108 valence electrons. The minimum Gasteiger partial charge on any atom is -0.345 e. The Labute approximate surface area is 129 Å². The lowest BCUT2D eigenvalue weighted by atomic mass is 10.2. The Balaban J connectivity index is 1.64. The van der Waals surface area contributed by atoms with E-state index in [2.05, 4.69) is 30.6 Å². The van der Waals surface area contributed by atoms with Crippen molar-refractivity contribution in [2.24, 2.45) is 0 Å². The summed E-state index contributed by atoms with van der Waals surface area (Å²) in [6.45, 7) is 0. The molecule has 0 bridgehead atoms. The van der Waals surface area contributed by atoms with Gasteiger partial charge in [0.25, 0.3) is 5.91 Å². The molecule has 0 radical (unpaired) electrons. The SMILES string of the molecule is O=C1N[C@H](c2cnc(-c3cnccn3)s2)Nc2ncccc21. The molecule has 3 aromatic heterocycles. The highest BCUT2D eigenvalue weighted by Gasteiger charge is 2.26. The van der Waals surface area contributed by atoms with Gasteiger partial charge in [-0.05, 0) is 12.1 Å². The van der Waals surface area contributed by atoms with Crippen molar-refractivity contribution in [3.8, 4) is 10.7 Å². The van der Waals surface area contributed by atoms with Gasteiger partial charge in [0.15, 0.2) is 0 Å². The third-order valence-electron chi connectivity index (χ3n) is 3.20. The van der Waals surface area contributed by atoms with Crippen LogP contribution < -0.4 is 10.6 Å². The van der Waals surface area contributed by atoms with E-state index in [1.165, 1.54) is 11.3 Å². The zero-order chi connectivity index (χ0) is 14.9. The lowest BCUT2D eigenvalue weighted by Gasteiger charge is -2.25. The van der Waals surface area contributed by atoms with Gasteiger partial charge in [0.05, 0.1) is 16.6 Å². The molecule has 1 aliphatic rings. The minimum atomic E-state index is -0.349. The molecule has 1 atom stereocenters. The van der Waals surface area contributed by atoms with Gasteiger partial charge in [-0.2, -0.15) is 0 Å². The van der Waals surface area contributed by atoms with Gasteiger partial charge < -0.3 is 10.6 Å². The van der Waals surface area contributed by atoms with E-state index in [0.717, 1.165) is 9.88 Å². The van der Waals surface area contributed by atoms with Gasteiger partial charge in [-0.15, -0.1) is 11.3 Å². The Hall–Kier alpha value is -2.87. The Morgan fingerprint density at radius 1 is 1.05 bits per heavy atom. The number of nitrogens with one attached hydrogen (secondary N) is 2. The number of aromatic nitrogens is 4. The van der Waals surface area contributed by atoms with Crippen molar-refractivity contribution in [2.45, 2.75) is 6.17 Å². The molecule has 0 unspecified atom stereocenters.